The van der Waals surface area contributed by atoms with Gasteiger partial charge in [0.2, 0.25) is 0 Å². The summed E-state index contributed by atoms with van der Waals surface area (Å²) in [7, 11) is 1.63. The highest BCUT2D eigenvalue weighted by Crippen LogP contribution is 2.27. The van der Waals surface area contributed by atoms with Crippen LogP contribution in [0.5, 0.6) is 0 Å². The molecule has 0 fully saturated rings. The standard InChI is InChI=1S/C14H14N2O4/c1-7-4-8(2)10(13(17)18)5-9(7)12-6-11(14(19)20)15-16(12)3/h4-6H,1-3H3,(H,17,18)(H,19,20). The van der Waals surface area contributed by atoms with Crippen molar-refractivity contribution in [2.75, 3.05) is 0 Å². The molecule has 0 aliphatic heterocycles. The first-order chi connectivity index (χ1) is 9.31. The third-order valence-electron chi connectivity index (χ3n) is 3.18. The minimum Gasteiger partial charge on any atom is -0.478 e. The molecule has 0 saturated heterocycles. The molecule has 20 heavy (non-hydrogen) atoms. The summed E-state index contributed by atoms with van der Waals surface area (Å²) in [6.45, 7) is 3.58. The van der Waals surface area contributed by atoms with E-state index < -0.39 is 11.9 Å². The van der Waals surface area contributed by atoms with Crippen molar-refractivity contribution in [1.29, 1.82) is 0 Å². The summed E-state index contributed by atoms with van der Waals surface area (Å²) >= 11 is 0. The predicted molar refractivity (Wildman–Crippen MR) is 72.0 cm³/mol. The van der Waals surface area contributed by atoms with Gasteiger partial charge in [0.25, 0.3) is 0 Å². The number of aryl methyl sites for hydroxylation is 3. The van der Waals surface area contributed by atoms with Crippen LogP contribution in [0.25, 0.3) is 11.3 Å². The molecule has 0 bridgehead atoms. The normalized spacial score (nSPS) is 10.6. The molecule has 1 aromatic heterocycles. The predicted octanol–water partition coefficient (Wildman–Crippen LogP) is 2.10. The lowest BCUT2D eigenvalue weighted by molar-refractivity contribution is 0.0681. The second kappa shape index (κ2) is 4.80. The van der Waals surface area contributed by atoms with Crippen molar-refractivity contribution < 1.29 is 19.8 Å². The van der Waals surface area contributed by atoms with Gasteiger partial charge in [-0.25, -0.2) is 9.59 Å². The van der Waals surface area contributed by atoms with Gasteiger partial charge in [-0.3, -0.25) is 4.68 Å². The maximum atomic E-state index is 11.2. The van der Waals surface area contributed by atoms with E-state index in [1.807, 2.05) is 6.92 Å². The fraction of sp³-hybridized carbons (Fsp3) is 0.214. The Kier molecular flexibility index (Phi) is 3.31. The van der Waals surface area contributed by atoms with Gasteiger partial charge in [-0.1, -0.05) is 6.07 Å². The van der Waals surface area contributed by atoms with E-state index >= 15 is 0 Å². The summed E-state index contributed by atoms with van der Waals surface area (Å²) in [6, 6.07) is 4.76. The van der Waals surface area contributed by atoms with Crippen molar-refractivity contribution in [2.45, 2.75) is 13.8 Å². The van der Waals surface area contributed by atoms with Gasteiger partial charge in [0.15, 0.2) is 5.69 Å². The number of carbonyl (C=O) groups is 2. The lowest BCUT2D eigenvalue weighted by Crippen LogP contribution is -2.03. The lowest BCUT2D eigenvalue weighted by atomic mass is 9.98. The minimum atomic E-state index is -1.12. The molecule has 2 aromatic rings. The van der Waals surface area contributed by atoms with Crippen LogP contribution in [0.3, 0.4) is 0 Å². The second-order valence-electron chi connectivity index (χ2n) is 4.63. The van der Waals surface area contributed by atoms with Crippen molar-refractivity contribution in [2.24, 2.45) is 7.05 Å². The Morgan fingerprint density at radius 3 is 2.20 bits per heavy atom. The Hall–Kier alpha value is -2.63. The fourth-order valence-electron chi connectivity index (χ4n) is 2.18. The molecule has 1 heterocycles. The largest absolute Gasteiger partial charge is 0.478 e. The summed E-state index contributed by atoms with van der Waals surface area (Å²) in [5, 5.41) is 22.0. The number of benzene rings is 1. The number of rotatable bonds is 3. The highest BCUT2D eigenvalue weighted by atomic mass is 16.4. The molecule has 1 aromatic carbocycles. The number of nitrogens with zero attached hydrogens (tertiary/aromatic N) is 2. The van der Waals surface area contributed by atoms with Crippen LogP contribution in [0.2, 0.25) is 0 Å². The number of hydrogen-bond donors (Lipinski definition) is 2. The van der Waals surface area contributed by atoms with Crippen molar-refractivity contribution in [3.63, 3.8) is 0 Å². The van der Waals surface area contributed by atoms with E-state index in [9.17, 15) is 14.7 Å². The van der Waals surface area contributed by atoms with Gasteiger partial charge in [0.1, 0.15) is 0 Å². The number of aromatic carboxylic acids is 2. The highest BCUT2D eigenvalue weighted by Gasteiger charge is 2.17. The van der Waals surface area contributed by atoms with Gasteiger partial charge < -0.3 is 10.2 Å². The zero-order chi connectivity index (χ0) is 15.0. The molecule has 0 atom stereocenters. The molecular weight excluding hydrogens is 260 g/mol. The van der Waals surface area contributed by atoms with E-state index in [-0.39, 0.29) is 11.3 Å². The molecule has 0 unspecified atom stereocenters. The molecule has 6 nitrogen and oxygen atoms in total. The van der Waals surface area contributed by atoms with Crippen LogP contribution in [0, 0.1) is 13.8 Å². The third kappa shape index (κ3) is 2.27. The number of carboxylic acids is 2. The fourth-order valence-corrected chi connectivity index (χ4v) is 2.18. The summed E-state index contributed by atoms with van der Waals surface area (Å²) in [6.07, 6.45) is 0. The van der Waals surface area contributed by atoms with Gasteiger partial charge in [0, 0.05) is 12.6 Å². The number of hydrogen-bond acceptors (Lipinski definition) is 3. The van der Waals surface area contributed by atoms with Crippen LogP contribution in [-0.4, -0.2) is 31.9 Å². The summed E-state index contributed by atoms with van der Waals surface area (Å²) in [5.74, 6) is -2.13. The summed E-state index contributed by atoms with van der Waals surface area (Å²) < 4.78 is 1.44. The van der Waals surface area contributed by atoms with Crippen LogP contribution >= 0.6 is 0 Å². The van der Waals surface area contributed by atoms with E-state index in [1.165, 1.54) is 10.7 Å². The Bertz CT molecular complexity index is 716. The van der Waals surface area contributed by atoms with Gasteiger partial charge >= 0.3 is 11.9 Å². The van der Waals surface area contributed by atoms with Gasteiger partial charge in [-0.05, 0) is 37.1 Å². The van der Waals surface area contributed by atoms with Crippen molar-refractivity contribution >= 4 is 11.9 Å². The molecule has 0 aliphatic rings. The molecule has 0 spiro atoms. The van der Waals surface area contributed by atoms with Gasteiger partial charge in [0.05, 0.1) is 11.3 Å². The van der Waals surface area contributed by atoms with Crippen LogP contribution in [-0.2, 0) is 7.05 Å². The highest BCUT2D eigenvalue weighted by molar-refractivity contribution is 5.92. The van der Waals surface area contributed by atoms with E-state index in [2.05, 4.69) is 5.10 Å². The zero-order valence-electron chi connectivity index (χ0n) is 11.3. The summed E-state index contributed by atoms with van der Waals surface area (Å²) in [5.41, 5.74) is 2.90. The molecule has 6 heteroatoms. The molecule has 104 valence electrons. The van der Waals surface area contributed by atoms with E-state index in [0.29, 0.717) is 16.8 Å². The summed E-state index contributed by atoms with van der Waals surface area (Å²) in [4.78, 5) is 22.1. The molecule has 0 radical (unpaired) electrons. The maximum Gasteiger partial charge on any atom is 0.356 e. The first-order valence-corrected chi connectivity index (χ1v) is 5.93. The molecular formula is C14H14N2O4. The number of aromatic nitrogens is 2. The second-order valence-corrected chi connectivity index (χ2v) is 4.63. The molecule has 0 amide bonds. The van der Waals surface area contributed by atoms with Crippen molar-refractivity contribution in [3.05, 3.63) is 40.6 Å². The first kappa shape index (κ1) is 13.8. The topological polar surface area (TPSA) is 92.4 Å². The maximum absolute atomic E-state index is 11.2. The van der Waals surface area contributed by atoms with Crippen LogP contribution < -0.4 is 0 Å². The lowest BCUT2D eigenvalue weighted by Gasteiger charge is -2.10. The van der Waals surface area contributed by atoms with E-state index in [1.54, 1.807) is 26.1 Å². The van der Waals surface area contributed by atoms with Crippen LogP contribution in [0.1, 0.15) is 32.0 Å². The molecule has 0 aliphatic carbocycles. The average molecular weight is 274 g/mol. The number of carboxylic acid groups (broad SMARTS) is 2. The van der Waals surface area contributed by atoms with Gasteiger partial charge in [-0.15, -0.1) is 0 Å². The van der Waals surface area contributed by atoms with Gasteiger partial charge in [-0.2, -0.15) is 5.10 Å². The smallest absolute Gasteiger partial charge is 0.356 e. The SMILES string of the molecule is Cc1cc(C)c(-c2cc(C(=O)O)nn2C)cc1C(=O)O. The van der Waals surface area contributed by atoms with Crippen LogP contribution in [0.15, 0.2) is 18.2 Å². The Morgan fingerprint density at radius 2 is 1.70 bits per heavy atom. The minimum absolute atomic E-state index is 0.0700. The van der Waals surface area contributed by atoms with Crippen molar-refractivity contribution in [1.82, 2.24) is 9.78 Å². The quantitative estimate of drug-likeness (QED) is 0.894. The Balaban J connectivity index is 2.66. The van der Waals surface area contributed by atoms with E-state index in [4.69, 9.17) is 5.11 Å². The molecule has 0 saturated carbocycles. The molecule has 2 rings (SSSR count). The Labute approximate surface area is 115 Å². The first-order valence-electron chi connectivity index (χ1n) is 5.93. The zero-order valence-corrected chi connectivity index (χ0v) is 11.3. The average Bonchev–Trinajstić information content (AvgIpc) is 2.71. The van der Waals surface area contributed by atoms with Crippen molar-refractivity contribution in [3.8, 4) is 11.3 Å². The van der Waals surface area contributed by atoms with Crippen LogP contribution in [0.4, 0.5) is 0 Å². The monoisotopic (exact) mass is 274 g/mol. The molecule has 2 N–H and O–H groups in total. The Morgan fingerprint density at radius 1 is 1.05 bits per heavy atom. The van der Waals surface area contributed by atoms with E-state index in [0.717, 1.165) is 5.56 Å². The third-order valence-corrected chi connectivity index (χ3v) is 3.18.